The van der Waals surface area contributed by atoms with Gasteiger partial charge in [-0.15, -0.1) is 0 Å². The van der Waals surface area contributed by atoms with E-state index in [-0.39, 0.29) is 11.9 Å². The van der Waals surface area contributed by atoms with Crippen LogP contribution in [0.5, 0.6) is 0 Å². The zero-order valence-corrected chi connectivity index (χ0v) is 11.3. The van der Waals surface area contributed by atoms with E-state index in [1.54, 1.807) is 13.8 Å². The number of ether oxygens (including phenoxy) is 1. The van der Waals surface area contributed by atoms with Crippen LogP contribution in [-0.2, 0) is 14.3 Å². The normalized spacial score (nSPS) is 17.1. The van der Waals surface area contributed by atoms with Gasteiger partial charge >= 0.3 is 5.97 Å². The van der Waals surface area contributed by atoms with E-state index >= 15 is 0 Å². The molecule has 0 spiro atoms. The molecule has 0 aromatic carbocycles. The molecule has 1 aliphatic heterocycles. The van der Waals surface area contributed by atoms with Gasteiger partial charge in [0.15, 0.2) is 0 Å². The van der Waals surface area contributed by atoms with E-state index in [1.807, 2.05) is 4.90 Å². The Labute approximate surface area is 108 Å². The van der Waals surface area contributed by atoms with E-state index in [4.69, 9.17) is 4.74 Å². The van der Waals surface area contributed by atoms with Gasteiger partial charge in [0, 0.05) is 45.2 Å². The molecular weight excluding hydrogens is 232 g/mol. The lowest BCUT2D eigenvalue weighted by Gasteiger charge is -2.21. The first-order valence-electron chi connectivity index (χ1n) is 6.37. The van der Waals surface area contributed by atoms with Crippen molar-refractivity contribution >= 4 is 11.9 Å². The maximum atomic E-state index is 11.5. The minimum atomic E-state index is -0.329. The highest BCUT2D eigenvalue weighted by Gasteiger charge is 2.18. The van der Waals surface area contributed by atoms with Gasteiger partial charge in [-0.1, -0.05) is 6.58 Å². The van der Waals surface area contributed by atoms with Crippen molar-refractivity contribution in [3.63, 3.8) is 0 Å². The molecule has 1 amide bonds. The Balaban J connectivity index is 2.42. The summed E-state index contributed by atoms with van der Waals surface area (Å²) in [5.41, 5.74) is 0.480. The Kier molecular flexibility index (Phi) is 5.85. The lowest BCUT2D eigenvalue weighted by molar-refractivity contribution is -0.138. The van der Waals surface area contributed by atoms with Crippen LogP contribution in [-0.4, -0.2) is 61.0 Å². The van der Waals surface area contributed by atoms with Gasteiger partial charge in [-0.3, -0.25) is 9.69 Å². The van der Waals surface area contributed by atoms with Crippen molar-refractivity contribution in [1.29, 1.82) is 0 Å². The van der Waals surface area contributed by atoms with Gasteiger partial charge in [-0.05, 0) is 13.3 Å². The first kappa shape index (κ1) is 14.7. The summed E-state index contributed by atoms with van der Waals surface area (Å²) in [6, 6.07) is 0. The van der Waals surface area contributed by atoms with Gasteiger partial charge in [-0.2, -0.15) is 0 Å². The molecular formula is C13H22N2O3. The number of carbonyl (C=O) groups excluding carboxylic acids is 2. The number of hydrogen-bond donors (Lipinski definition) is 0. The largest absolute Gasteiger partial charge is 0.463 e. The Bertz CT molecular complexity index is 328. The Hall–Kier alpha value is -1.36. The third kappa shape index (κ3) is 4.49. The maximum absolute atomic E-state index is 11.5. The SMILES string of the molecule is C=C(CN1CCCN(C(C)=O)CC1)C(=O)OCC. The molecule has 1 heterocycles. The summed E-state index contributed by atoms with van der Waals surface area (Å²) in [6.45, 7) is 11.2. The monoisotopic (exact) mass is 254 g/mol. The summed E-state index contributed by atoms with van der Waals surface area (Å²) in [5.74, 6) is -0.216. The zero-order chi connectivity index (χ0) is 13.5. The molecule has 0 aromatic heterocycles. The van der Waals surface area contributed by atoms with Gasteiger partial charge in [0.25, 0.3) is 0 Å². The summed E-state index contributed by atoms with van der Waals surface area (Å²) in [5, 5.41) is 0. The van der Waals surface area contributed by atoms with Crippen molar-refractivity contribution in [2.45, 2.75) is 20.3 Å². The molecule has 1 saturated heterocycles. The molecule has 18 heavy (non-hydrogen) atoms. The van der Waals surface area contributed by atoms with E-state index in [2.05, 4.69) is 11.5 Å². The summed E-state index contributed by atoms with van der Waals surface area (Å²) in [6.07, 6.45) is 0.926. The number of nitrogens with zero attached hydrogens (tertiary/aromatic N) is 2. The molecule has 5 nitrogen and oxygen atoms in total. The Morgan fingerprint density at radius 1 is 1.22 bits per heavy atom. The molecule has 0 aromatic rings. The van der Waals surface area contributed by atoms with Crippen LogP contribution >= 0.6 is 0 Å². The molecule has 0 atom stereocenters. The summed E-state index contributed by atoms with van der Waals surface area (Å²) >= 11 is 0. The average molecular weight is 254 g/mol. The average Bonchev–Trinajstić information content (AvgIpc) is 2.55. The molecule has 0 saturated carbocycles. The lowest BCUT2D eigenvalue weighted by atomic mass is 10.2. The molecule has 0 aliphatic carbocycles. The van der Waals surface area contributed by atoms with Crippen LogP contribution in [0.25, 0.3) is 0 Å². The van der Waals surface area contributed by atoms with Crippen LogP contribution in [0.1, 0.15) is 20.3 Å². The van der Waals surface area contributed by atoms with Crippen molar-refractivity contribution in [3.05, 3.63) is 12.2 Å². The van der Waals surface area contributed by atoms with Crippen LogP contribution in [0, 0.1) is 0 Å². The fourth-order valence-electron chi connectivity index (χ4n) is 2.01. The first-order valence-corrected chi connectivity index (χ1v) is 6.37. The number of esters is 1. The van der Waals surface area contributed by atoms with Gasteiger partial charge in [-0.25, -0.2) is 4.79 Å². The van der Waals surface area contributed by atoms with E-state index in [1.165, 1.54) is 0 Å². The third-order valence-corrected chi connectivity index (χ3v) is 3.01. The second-order valence-electron chi connectivity index (χ2n) is 4.46. The maximum Gasteiger partial charge on any atom is 0.334 e. The predicted octanol–water partition coefficient (Wildman–Crippen LogP) is 0.660. The van der Waals surface area contributed by atoms with E-state index in [0.717, 1.165) is 26.1 Å². The minimum Gasteiger partial charge on any atom is -0.463 e. The molecule has 0 radical (unpaired) electrons. The standard InChI is InChI=1S/C13H22N2O3/c1-4-18-13(17)11(2)10-14-6-5-7-15(9-8-14)12(3)16/h2,4-10H2,1,3H3. The van der Waals surface area contributed by atoms with E-state index in [0.29, 0.717) is 25.3 Å². The molecule has 1 fully saturated rings. The highest BCUT2D eigenvalue weighted by molar-refractivity contribution is 5.88. The molecule has 0 N–H and O–H groups in total. The lowest BCUT2D eigenvalue weighted by Crippen LogP contribution is -2.35. The van der Waals surface area contributed by atoms with Crippen LogP contribution < -0.4 is 0 Å². The van der Waals surface area contributed by atoms with Crippen molar-refractivity contribution < 1.29 is 14.3 Å². The van der Waals surface area contributed by atoms with Crippen LogP contribution in [0.15, 0.2) is 12.2 Å². The van der Waals surface area contributed by atoms with Crippen LogP contribution in [0.2, 0.25) is 0 Å². The van der Waals surface area contributed by atoms with E-state index in [9.17, 15) is 9.59 Å². The highest BCUT2D eigenvalue weighted by Crippen LogP contribution is 2.06. The molecule has 102 valence electrons. The Morgan fingerprint density at radius 2 is 1.94 bits per heavy atom. The highest BCUT2D eigenvalue weighted by atomic mass is 16.5. The Morgan fingerprint density at radius 3 is 2.56 bits per heavy atom. The smallest absolute Gasteiger partial charge is 0.334 e. The van der Waals surface area contributed by atoms with Gasteiger partial charge < -0.3 is 9.64 Å². The number of rotatable bonds is 4. The summed E-state index contributed by atoms with van der Waals surface area (Å²) < 4.78 is 4.91. The van der Waals surface area contributed by atoms with Crippen molar-refractivity contribution in [3.8, 4) is 0 Å². The number of carbonyl (C=O) groups is 2. The number of hydrogen-bond acceptors (Lipinski definition) is 4. The van der Waals surface area contributed by atoms with Gasteiger partial charge in [0.2, 0.25) is 5.91 Å². The van der Waals surface area contributed by atoms with Crippen LogP contribution in [0.3, 0.4) is 0 Å². The van der Waals surface area contributed by atoms with Gasteiger partial charge in [0.05, 0.1) is 6.61 Å². The first-order chi connectivity index (χ1) is 8.54. The van der Waals surface area contributed by atoms with Crippen molar-refractivity contribution in [2.24, 2.45) is 0 Å². The summed E-state index contributed by atoms with van der Waals surface area (Å²) in [4.78, 5) is 26.7. The summed E-state index contributed by atoms with van der Waals surface area (Å²) in [7, 11) is 0. The fourth-order valence-corrected chi connectivity index (χ4v) is 2.01. The third-order valence-electron chi connectivity index (χ3n) is 3.01. The molecule has 0 unspecified atom stereocenters. The zero-order valence-electron chi connectivity index (χ0n) is 11.3. The van der Waals surface area contributed by atoms with Crippen molar-refractivity contribution in [1.82, 2.24) is 9.80 Å². The topological polar surface area (TPSA) is 49.9 Å². The minimum absolute atomic E-state index is 0.112. The van der Waals surface area contributed by atoms with E-state index < -0.39 is 0 Å². The number of amides is 1. The second kappa shape index (κ2) is 7.16. The molecule has 1 rings (SSSR count). The second-order valence-corrected chi connectivity index (χ2v) is 4.46. The molecule has 5 heteroatoms. The van der Waals surface area contributed by atoms with Crippen LogP contribution in [0.4, 0.5) is 0 Å². The molecule has 0 bridgehead atoms. The predicted molar refractivity (Wildman–Crippen MR) is 69.1 cm³/mol. The van der Waals surface area contributed by atoms with Gasteiger partial charge in [0.1, 0.15) is 0 Å². The quantitative estimate of drug-likeness (QED) is 0.546. The fraction of sp³-hybridized carbons (Fsp3) is 0.692. The van der Waals surface area contributed by atoms with Crippen molar-refractivity contribution in [2.75, 3.05) is 39.3 Å². The molecule has 1 aliphatic rings.